The van der Waals surface area contributed by atoms with Crippen LogP contribution >= 0.6 is 23.2 Å². The van der Waals surface area contributed by atoms with Gasteiger partial charge in [-0.25, -0.2) is 18.1 Å². The van der Waals surface area contributed by atoms with Gasteiger partial charge in [-0.05, 0) is 37.1 Å². The standard InChI is InChI=1S/C19H23Cl2N3O3S/c1-3-4-5-10-28(26,27)23-19(25)9-8-17-12-22-14(2)24(17)13-15-6-7-16(20)11-18(15)21/h6-9,11-12H,3-5,10,13H2,1-2H3,(H,23,25)/b9-8+. The maximum Gasteiger partial charge on any atom is 0.257 e. The fourth-order valence-corrected chi connectivity index (χ4v) is 4.12. The highest BCUT2D eigenvalue weighted by Gasteiger charge is 2.13. The van der Waals surface area contributed by atoms with Crippen LogP contribution in [0.2, 0.25) is 10.0 Å². The molecular weight excluding hydrogens is 421 g/mol. The van der Waals surface area contributed by atoms with Gasteiger partial charge in [-0.1, -0.05) is 49.0 Å². The average molecular weight is 444 g/mol. The molecule has 2 rings (SSSR count). The number of carbonyl (C=O) groups is 1. The number of imidazole rings is 1. The Morgan fingerprint density at radius 2 is 2.04 bits per heavy atom. The molecule has 0 atom stereocenters. The summed E-state index contributed by atoms with van der Waals surface area (Å²) in [4.78, 5) is 16.2. The molecule has 0 aliphatic heterocycles. The van der Waals surface area contributed by atoms with E-state index in [0.29, 0.717) is 28.7 Å². The Hall–Kier alpha value is -1.83. The monoisotopic (exact) mass is 443 g/mol. The molecule has 0 spiro atoms. The van der Waals surface area contributed by atoms with Crippen LogP contribution in [0.25, 0.3) is 6.08 Å². The van der Waals surface area contributed by atoms with E-state index in [1.54, 1.807) is 18.3 Å². The molecular formula is C19H23Cl2N3O3S. The van der Waals surface area contributed by atoms with Gasteiger partial charge in [0.15, 0.2) is 0 Å². The van der Waals surface area contributed by atoms with Gasteiger partial charge in [-0.2, -0.15) is 0 Å². The lowest BCUT2D eigenvalue weighted by atomic mass is 10.2. The average Bonchev–Trinajstić information content (AvgIpc) is 2.95. The molecule has 0 bridgehead atoms. The van der Waals surface area contributed by atoms with Gasteiger partial charge in [0.05, 0.1) is 24.2 Å². The van der Waals surface area contributed by atoms with Crippen LogP contribution in [0.4, 0.5) is 0 Å². The molecule has 6 nitrogen and oxygen atoms in total. The number of sulfonamides is 1. The molecule has 1 amide bonds. The van der Waals surface area contributed by atoms with Gasteiger partial charge in [0.25, 0.3) is 5.91 Å². The first-order chi connectivity index (χ1) is 13.2. The molecule has 1 aromatic heterocycles. The first-order valence-electron chi connectivity index (χ1n) is 8.90. The molecule has 2 aromatic rings. The molecule has 1 aromatic carbocycles. The van der Waals surface area contributed by atoms with Gasteiger partial charge in [0, 0.05) is 16.1 Å². The number of carbonyl (C=O) groups excluding carboxylic acids is 1. The molecule has 28 heavy (non-hydrogen) atoms. The molecule has 0 saturated carbocycles. The highest BCUT2D eigenvalue weighted by atomic mass is 35.5. The molecule has 1 heterocycles. The van der Waals surface area contributed by atoms with Crippen molar-refractivity contribution in [1.29, 1.82) is 0 Å². The first-order valence-corrected chi connectivity index (χ1v) is 11.3. The third kappa shape index (κ3) is 6.65. The van der Waals surface area contributed by atoms with Crippen molar-refractivity contribution in [2.75, 3.05) is 5.75 Å². The number of aromatic nitrogens is 2. The number of nitrogens with zero attached hydrogens (tertiary/aromatic N) is 2. The maximum atomic E-state index is 12.0. The van der Waals surface area contributed by atoms with E-state index in [0.717, 1.165) is 24.2 Å². The van der Waals surface area contributed by atoms with E-state index in [9.17, 15) is 13.2 Å². The maximum absolute atomic E-state index is 12.0. The summed E-state index contributed by atoms with van der Waals surface area (Å²) in [5.41, 5.74) is 1.51. The fourth-order valence-electron chi connectivity index (χ4n) is 2.59. The van der Waals surface area contributed by atoms with Crippen molar-refractivity contribution in [3.63, 3.8) is 0 Å². The number of halogens is 2. The minimum atomic E-state index is -3.62. The van der Waals surface area contributed by atoms with Crippen molar-refractivity contribution in [1.82, 2.24) is 14.3 Å². The number of unbranched alkanes of at least 4 members (excludes halogenated alkanes) is 2. The van der Waals surface area contributed by atoms with Gasteiger partial charge in [0.2, 0.25) is 10.0 Å². The third-order valence-corrected chi connectivity index (χ3v) is 6.03. The van der Waals surface area contributed by atoms with Crippen LogP contribution in [0.1, 0.15) is 43.3 Å². The Morgan fingerprint density at radius 1 is 1.29 bits per heavy atom. The summed E-state index contributed by atoms with van der Waals surface area (Å²) < 4.78 is 27.7. The summed E-state index contributed by atoms with van der Waals surface area (Å²) in [6.45, 7) is 4.26. The number of amides is 1. The third-order valence-electron chi connectivity index (χ3n) is 4.11. The van der Waals surface area contributed by atoms with Crippen LogP contribution < -0.4 is 4.72 Å². The summed E-state index contributed by atoms with van der Waals surface area (Å²) in [6.07, 6.45) is 6.56. The Bertz CT molecular complexity index is 969. The Morgan fingerprint density at radius 3 is 2.71 bits per heavy atom. The lowest BCUT2D eigenvalue weighted by Crippen LogP contribution is -2.31. The zero-order valence-electron chi connectivity index (χ0n) is 15.8. The van der Waals surface area contributed by atoms with Crippen molar-refractivity contribution in [3.8, 4) is 0 Å². The largest absolute Gasteiger partial charge is 0.324 e. The highest BCUT2D eigenvalue weighted by Crippen LogP contribution is 2.23. The second kappa shape index (κ2) is 10.1. The van der Waals surface area contributed by atoms with Crippen molar-refractivity contribution in [3.05, 3.63) is 57.6 Å². The van der Waals surface area contributed by atoms with E-state index in [4.69, 9.17) is 23.2 Å². The van der Waals surface area contributed by atoms with Crippen molar-refractivity contribution in [2.24, 2.45) is 0 Å². The van der Waals surface area contributed by atoms with Crippen LogP contribution in [-0.2, 0) is 21.4 Å². The van der Waals surface area contributed by atoms with E-state index < -0.39 is 15.9 Å². The fraction of sp³-hybridized carbons (Fsp3) is 0.368. The van der Waals surface area contributed by atoms with Gasteiger partial charge < -0.3 is 4.57 Å². The first kappa shape index (κ1) is 22.5. The molecule has 0 aliphatic carbocycles. The predicted molar refractivity (Wildman–Crippen MR) is 113 cm³/mol. The smallest absolute Gasteiger partial charge is 0.257 e. The summed E-state index contributed by atoms with van der Waals surface area (Å²) in [5, 5.41) is 1.08. The minimum absolute atomic E-state index is 0.0630. The van der Waals surface area contributed by atoms with Gasteiger partial charge in [0.1, 0.15) is 5.82 Å². The lowest BCUT2D eigenvalue weighted by Gasteiger charge is -2.10. The quantitative estimate of drug-likeness (QED) is 0.465. The van der Waals surface area contributed by atoms with Crippen molar-refractivity contribution >= 4 is 45.2 Å². The number of hydrogen-bond donors (Lipinski definition) is 1. The van der Waals surface area contributed by atoms with Crippen LogP contribution in [0.3, 0.4) is 0 Å². The topological polar surface area (TPSA) is 81.1 Å². The van der Waals surface area contributed by atoms with Crippen molar-refractivity contribution in [2.45, 2.75) is 39.7 Å². The molecule has 0 radical (unpaired) electrons. The van der Waals surface area contributed by atoms with Gasteiger partial charge >= 0.3 is 0 Å². The number of rotatable bonds is 9. The highest BCUT2D eigenvalue weighted by molar-refractivity contribution is 7.90. The molecule has 1 N–H and O–H groups in total. The van der Waals surface area contributed by atoms with E-state index in [-0.39, 0.29) is 5.75 Å². The Kier molecular flexibility index (Phi) is 8.10. The minimum Gasteiger partial charge on any atom is -0.324 e. The molecule has 9 heteroatoms. The second-order valence-electron chi connectivity index (χ2n) is 6.38. The number of aryl methyl sites for hydroxylation is 1. The van der Waals surface area contributed by atoms with E-state index >= 15 is 0 Å². The Balaban J connectivity index is 2.09. The summed E-state index contributed by atoms with van der Waals surface area (Å²) in [7, 11) is -3.62. The summed E-state index contributed by atoms with van der Waals surface area (Å²) >= 11 is 12.2. The van der Waals surface area contributed by atoms with Crippen LogP contribution in [0.15, 0.2) is 30.5 Å². The lowest BCUT2D eigenvalue weighted by molar-refractivity contribution is -0.114. The molecule has 0 saturated heterocycles. The summed E-state index contributed by atoms with van der Waals surface area (Å²) in [5.74, 6) is -0.0170. The number of benzene rings is 1. The van der Waals surface area contributed by atoms with E-state index in [1.807, 2.05) is 24.5 Å². The molecule has 0 aliphatic rings. The van der Waals surface area contributed by atoms with Gasteiger partial charge in [-0.15, -0.1) is 0 Å². The predicted octanol–water partition coefficient (Wildman–Crippen LogP) is 4.20. The van der Waals surface area contributed by atoms with Crippen molar-refractivity contribution < 1.29 is 13.2 Å². The molecule has 0 fully saturated rings. The van der Waals surface area contributed by atoms with Crippen LogP contribution in [0, 0.1) is 6.92 Å². The summed E-state index contributed by atoms with van der Waals surface area (Å²) in [6, 6.07) is 5.24. The number of hydrogen-bond acceptors (Lipinski definition) is 4. The second-order valence-corrected chi connectivity index (χ2v) is 9.06. The zero-order valence-corrected chi connectivity index (χ0v) is 18.1. The van der Waals surface area contributed by atoms with Crippen LogP contribution in [0.5, 0.6) is 0 Å². The normalized spacial score (nSPS) is 11.9. The molecule has 152 valence electrons. The van der Waals surface area contributed by atoms with Gasteiger partial charge in [-0.3, -0.25) is 4.79 Å². The molecule has 0 unspecified atom stereocenters. The SMILES string of the molecule is CCCCCS(=O)(=O)NC(=O)/C=C/c1cnc(C)n1Cc1ccc(Cl)cc1Cl. The van der Waals surface area contributed by atoms with E-state index in [2.05, 4.69) is 9.71 Å². The zero-order chi connectivity index (χ0) is 20.7. The van der Waals surface area contributed by atoms with E-state index in [1.165, 1.54) is 12.2 Å². The van der Waals surface area contributed by atoms with Crippen LogP contribution in [-0.4, -0.2) is 29.6 Å². The Labute approximate surface area is 175 Å². The number of nitrogens with one attached hydrogen (secondary N) is 1.